The lowest BCUT2D eigenvalue weighted by atomic mass is 10.1. The van der Waals surface area contributed by atoms with Crippen molar-refractivity contribution in [3.8, 4) is 5.75 Å². The number of hydrogen-bond donors (Lipinski definition) is 0. The predicted molar refractivity (Wildman–Crippen MR) is 80.0 cm³/mol. The maximum absolute atomic E-state index is 11.0. The molecule has 0 aliphatic heterocycles. The summed E-state index contributed by atoms with van der Waals surface area (Å²) in [5, 5.41) is 21.9. The molecule has 0 aromatic heterocycles. The third kappa shape index (κ3) is 3.20. The van der Waals surface area contributed by atoms with Gasteiger partial charge in [0.15, 0.2) is 5.75 Å². The minimum absolute atomic E-state index is 0.000146. The van der Waals surface area contributed by atoms with E-state index >= 15 is 0 Å². The number of hydrogen-bond acceptors (Lipinski definition) is 5. The molecule has 7 heteroatoms. The van der Waals surface area contributed by atoms with E-state index in [0.29, 0.717) is 11.1 Å². The molecule has 7 nitrogen and oxygen atoms in total. The van der Waals surface area contributed by atoms with E-state index in [9.17, 15) is 20.2 Å². The van der Waals surface area contributed by atoms with Gasteiger partial charge in [0, 0.05) is 17.7 Å². The van der Waals surface area contributed by atoms with Gasteiger partial charge in [-0.1, -0.05) is 18.2 Å². The first-order chi connectivity index (χ1) is 10.4. The number of nitro benzene ring substituents is 2. The summed E-state index contributed by atoms with van der Waals surface area (Å²) in [6.07, 6.45) is 0. The minimum Gasteiger partial charge on any atom is -0.482 e. The third-order valence-electron chi connectivity index (χ3n) is 3.31. The first-order valence-corrected chi connectivity index (χ1v) is 6.51. The molecule has 0 amide bonds. The smallest absolute Gasteiger partial charge is 0.310 e. The van der Waals surface area contributed by atoms with Crippen LogP contribution in [-0.4, -0.2) is 9.85 Å². The van der Waals surface area contributed by atoms with E-state index in [0.717, 1.165) is 5.56 Å². The van der Waals surface area contributed by atoms with E-state index in [4.69, 9.17) is 4.74 Å². The monoisotopic (exact) mass is 302 g/mol. The van der Waals surface area contributed by atoms with Gasteiger partial charge in [-0.2, -0.15) is 0 Å². The zero-order chi connectivity index (χ0) is 16.3. The van der Waals surface area contributed by atoms with Crippen LogP contribution in [0.3, 0.4) is 0 Å². The van der Waals surface area contributed by atoms with Crippen LogP contribution in [0, 0.1) is 34.1 Å². The van der Waals surface area contributed by atoms with Crippen LogP contribution in [0.1, 0.15) is 16.7 Å². The van der Waals surface area contributed by atoms with Crippen LogP contribution in [0.15, 0.2) is 36.4 Å². The average molecular weight is 302 g/mol. The van der Waals surface area contributed by atoms with Crippen molar-refractivity contribution in [1.82, 2.24) is 0 Å². The molecule has 2 aromatic carbocycles. The minimum atomic E-state index is -0.519. The van der Waals surface area contributed by atoms with Crippen molar-refractivity contribution in [2.75, 3.05) is 0 Å². The highest BCUT2D eigenvalue weighted by atomic mass is 16.6. The lowest BCUT2D eigenvalue weighted by Crippen LogP contribution is -2.03. The van der Waals surface area contributed by atoms with Gasteiger partial charge < -0.3 is 4.74 Å². The average Bonchev–Trinajstić information content (AvgIpc) is 2.45. The Kier molecular flexibility index (Phi) is 4.36. The van der Waals surface area contributed by atoms with Crippen LogP contribution < -0.4 is 4.74 Å². The second-order valence-corrected chi connectivity index (χ2v) is 4.84. The highest BCUT2D eigenvalue weighted by Crippen LogP contribution is 2.29. The van der Waals surface area contributed by atoms with Crippen LogP contribution in [0.25, 0.3) is 0 Å². The van der Waals surface area contributed by atoms with E-state index in [1.165, 1.54) is 12.1 Å². The molecular formula is C15H14N2O5. The molecular weight excluding hydrogens is 288 g/mol. The maximum atomic E-state index is 11.0. The molecule has 0 N–H and O–H groups in total. The third-order valence-corrected chi connectivity index (χ3v) is 3.31. The number of rotatable bonds is 5. The van der Waals surface area contributed by atoms with Crippen molar-refractivity contribution in [2.24, 2.45) is 0 Å². The van der Waals surface area contributed by atoms with Crippen molar-refractivity contribution in [3.63, 3.8) is 0 Å². The molecule has 22 heavy (non-hydrogen) atoms. The predicted octanol–water partition coefficient (Wildman–Crippen LogP) is 3.70. The van der Waals surface area contributed by atoms with Gasteiger partial charge in [0.2, 0.25) is 0 Å². The fraction of sp³-hybridized carbons (Fsp3) is 0.200. The molecule has 2 rings (SSSR count). The second-order valence-electron chi connectivity index (χ2n) is 4.84. The summed E-state index contributed by atoms with van der Waals surface area (Å²) < 4.78 is 5.52. The van der Waals surface area contributed by atoms with Gasteiger partial charge in [-0.3, -0.25) is 20.2 Å². The summed E-state index contributed by atoms with van der Waals surface area (Å²) in [6, 6.07) is 9.26. The van der Waals surface area contributed by atoms with Crippen molar-refractivity contribution in [2.45, 2.75) is 20.5 Å². The zero-order valence-electron chi connectivity index (χ0n) is 12.1. The molecule has 0 radical (unpaired) electrons. The van der Waals surface area contributed by atoms with E-state index in [-0.39, 0.29) is 23.7 Å². The van der Waals surface area contributed by atoms with Crippen molar-refractivity contribution in [1.29, 1.82) is 0 Å². The van der Waals surface area contributed by atoms with Gasteiger partial charge >= 0.3 is 5.69 Å². The Morgan fingerprint density at radius 3 is 2.32 bits per heavy atom. The number of ether oxygens (including phenoxy) is 1. The standard InChI is InChI=1S/C15H14N2O5/c1-10-6-7-14(17(20)21)15(8-10)22-9-12-4-3-5-13(11(12)2)16(18)19/h3-8H,9H2,1-2H3. The van der Waals surface area contributed by atoms with Gasteiger partial charge in [0.05, 0.1) is 9.85 Å². The first kappa shape index (κ1) is 15.4. The Morgan fingerprint density at radius 1 is 1.00 bits per heavy atom. The molecule has 114 valence electrons. The van der Waals surface area contributed by atoms with Gasteiger partial charge in [0.25, 0.3) is 5.69 Å². The molecule has 0 spiro atoms. The summed E-state index contributed by atoms with van der Waals surface area (Å²) in [5.41, 5.74) is 1.80. The quantitative estimate of drug-likeness (QED) is 0.619. The highest BCUT2D eigenvalue weighted by Gasteiger charge is 2.17. The topological polar surface area (TPSA) is 95.5 Å². The van der Waals surface area contributed by atoms with Crippen molar-refractivity contribution >= 4 is 11.4 Å². The fourth-order valence-electron chi connectivity index (χ4n) is 2.07. The summed E-state index contributed by atoms with van der Waals surface area (Å²) in [4.78, 5) is 20.9. The highest BCUT2D eigenvalue weighted by molar-refractivity contribution is 5.49. The first-order valence-electron chi connectivity index (χ1n) is 6.51. The molecule has 0 fully saturated rings. The van der Waals surface area contributed by atoms with Crippen molar-refractivity contribution in [3.05, 3.63) is 73.3 Å². The van der Waals surface area contributed by atoms with Crippen LogP contribution in [0.5, 0.6) is 5.75 Å². The lowest BCUT2D eigenvalue weighted by molar-refractivity contribution is -0.386. The molecule has 0 saturated carbocycles. The lowest BCUT2D eigenvalue weighted by Gasteiger charge is -2.10. The van der Waals surface area contributed by atoms with Crippen LogP contribution in [-0.2, 0) is 6.61 Å². The Morgan fingerprint density at radius 2 is 1.68 bits per heavy atom. The van der Waals surface area contributed by atoms with Crippen LogP contribution in [0.4, 0.5) is 11.4 Å². The number of aryl methyl sites for hydroxylation is 1. The van der Waals surface area contributed by atoms with Gasteiger partial charge in [-0.25, -0.2) is 0 Å². The number of benzene rings is 2. The number of nitrogens with zero attached hydrogens (tertiary/aromatic N) is 2. The molecule has 0 bridgehead atoms. The zero-order valence-corrected chi connectivity index (χ0v) is 12.1. The molecule has 0 saturated heterocycles. The second kappa shape index (κ2) is 6.21. The molecule has 0 aliphatic carbocycles. The van der Waals surface area contributed by atoms with E-state index in [1.807, 2.05) is 0 Å². The summed E-state index contributed by atoms with van der Waals surface area (Å²) in [5.74, 6) is 0.149. The number of nitro groups is 2. The molecule has 0 unspecified atom stereocenters. The van der Waals surface area contributed by atoms with Gasteiger partial charge in [0.1, 0.15) is 6.61 Å². The summed E-state index contributed by atoms with van der Waals surface area (Å²) in [6.45, 7) is 3.45. The Balaban J connectivity index is 2.28. The van der Waals surface area contributed by atoms with Gasteiger partial charge in [-0.05, 0) is 31.0 Å². The Hall–Kier alpha value is -2.96. The summed E-state index contributed by atoms with van der Waals surface area (Å²) >= 11 is 0. The van der Waals surface area contributed by atoms with Crippen LogP contribution >= 0.6 is 0 Å². The van der Waals surface area contributed by atoms with E-state index < -0.39 is 9.85 Å². The van der Waals surface area contributed by atoms with Crippen LogP contribution in [0.2, 0.25) is 0 Å². The maximum Gasteiger partial charge on any atom is 0.310 e. The largest absolute Gasteiger partial charge is 0.482 e. The van der Waals surface area contributed by atoms with Crippen molar-refractivity contribution < 1.29 is 14.6 Å². The molecule has 2 aromatic rings. The van der Waals surface area contributed by atoms with E-state index in [2.05, 4.69) is 0 Å². The Labute approximate surface area is 126 Å². The molecule has 0 aliphatic rings. The fourth-order valence-corrected chi connectivity index (χ4v) is 2.07. The normalized spacial score (nSPS) is 10.3. The Bertz CT molecular complexity index is 743. The summed E-state index contributed by atoms with van der Waals surface area (Å²) in [7, 11) is 0. The SMILES string of the molecule is Cc1ccc([N+](=O)[O-])c(OCc2cccc([N+](=O)[O-])c2C)c1. The molecule has 0 heterocycles. The van der Waals surface area contributed by atoms with Gasteiger partial charge in [-0.15, -0.1) is 0 Å². The molecule has 0 atom stereocenters. The van der Waals surface area contributed by atoms with E-state index in [1.54, 1.807) is 38.1 Å².